The van der Waals surface area contributed by atoms with Gasteiger partial charge in [-0.1, -0.05) is 30.1 Å². The van der Waals surface area contributed by atoms with Crippen molar-refractivity contribution < 1.29 is 4.42 Å². The number of hydrogen-bond acceptors (Lipinski definition) is 2. The molecule has 0 aliphatic carbocycles. The lowest BCUT2D eigenvalue weighted by atomic mass is 10.1. The highest BCUT2D eigenvalue weighted by Crippen LogP contribution is 2.36. The lowest BCUT2D eigenvalue weighted by molar-refractivity contribution is 0.393. The van der Waals surface area contributed by atoms with Crippen LogP contribution in [0.25, 0.3) is 11.0 Å². The van der Waals surface area contributed by atoms with Crippen molar-refractivity contribution in [3.63, 3.8) is 0 Å². The van der Waals surface area contributed by atoms with E-state index in [0.29, 0.717) is 22.2 Å². The van der Waals surface area contributed by atoms with Crippen molar-refractivity contribution in [2.75, 3.05) is 0 Å². The van der Waals surface area contributed by atoms with E-state index in [2.05, 4.69) is 33.0 Å². The van der Waals surface area contributed by atoms with Crippen molar-refractivity contribution >= 4 is 34.2 Å². The molecule has 2 aromatic rings. The minimum Gasteiger partial charge on any atom is -0.458 e. The van der Waals surface area contributed by atoms with Gasteiger partial charge in [0.2, 0.25) is 0 Å². The monoisotopic (exact) mass is 299 g/mol. The van der Waals surface area contributed by atoms with E-state index in [1.165, 1.54) is 5.56 Å². The summed E-state index contributed by atoms with van der Waals surface area (Å²) in [7, 11) is 0. The third-order valence-electron chi connectivity index (χ3n) is 3.07. The van der Waals surface area contributed by atoms with Gasteiger partial charge in [0, 0.05) is 16.5 Å². The highest BCUT2D eigenvalue weighted by atomic mass is 35.5. The van der Waals surface area contributed by atoms with Crippen LogP contribution in [0, 0.1) is 0 Å². The Morgan fingerprint density at radius 2 is 1.89 bits per heavy atom. The molecule has 0 bridgehead atoms. The van der Waals surface area contributed by atoms with Crippen LogP contribution in [0.5, 0.6) is 0 Å². The number of nitrogens with one attached hydrogen (secondary N) is 1. The number of hydrogen-bond donors (Lipinski definition) is 1. The second-order valence-corrected chi connectivity index (χ2v) is 6.48. The van der Waals surface area contributed by atoms with Gasteiger partial charge < -0.3 is 9.73 Å². The third-order valence-corrected chi connectivity index (χ3v) is 3.86. The third kappa shape index (κ3) is 3.07. The topological polar surface area (TPSA) is 25.2 Å². The van der Waals surface area contributed by atoms with Gasteiger partial charge in [0.1, 0.15) is 10.8 Å². The van der Waals surface area contributed by atoms with E-state index in [1.54, 1.807) is 0 Å². The predicted molar refractivity (Wildman–Crippen MR) is 82.2 cm³/mol. The standard InChI is InChI=1S/C15H19Cl2NO/c1-5-9-10-6-7-11(16)13(17)14(10)19-12(9)8-18-15(2,3)4/h6-7,18H,5,8H2,1-4H3. The molecule has 0 saturated carbocycles. The Labute approximate surface area is 124 Å². The first-order chi connectivity index (χ1) is 8.83. The van der Waals surface area contributed by atoms with Crippen LogP contribution in [0.4, 0.5) is 0 Å². The molecule has 0 aliphatic heterocycles. The molecule has 0 unspecified atom stereocenters. The zero-order chi connectivity index (χ0) is 14.2. The van der Waals surface area contributed by atoms with Crippen LogP contribution in [0.1, 0.15) is 39.0 Å². The van der Waals surface area contributed by atoms with Gasteiger partial charge in [-0.2, -0.15) is 0 Å². The van der Waals surface area contributed by atoms with Crippen molar-refractivity contribution in [2.45, 2.75) is 46.2 Å². The SMILES string of the molecule is CCc1c(CNC(C)(C)C)oc2c(Cl)c(Cl)ccc12. The van der Waals surface area contributed by atoms with Crippen molar-refractivity contribution in [2.24, 2.45) is 0 Å². The van der Waals surface area contributed by atoms with Gasteiger partial charge in [-0.3, -0.25) is 0 Å². The van der Waals surface area contributed by atoms with E-state index in [-0.39, 0.29) is 5.54 Å². The highest BCUT2D eigenvalue weighted by Gasteiger charge is 2.18. The van der Waals surface area contributed by atoms with Crippen LogP contribution in [-0.4, -0.2) is 5.54 Å². The summed E-state index contributed by atoms with van der Waals surface area (Å²) in [6, 6.07) is 3.80. The zero-order valence-corrected chi connectivity index (χ0v) is 13.2. The number of furan rings is 1. The molecule has 0 atom stereocenters. The predicted octanol–water partition coefficient (Wildman–Crippen LogP) is 5.19. The quantitative estimate of drug-likeness (QED) is 0.843. The van der Waals surface area contributed by atoms with Gasteiger partial charge in [-0.15, -0.1) is 0 Å². The molecule has 0 amide bonds. The Balaban J connectivity index is 2.47. The number of halogens is 2. The lowest BCUT2D eigenvalue weighted by Gasteiger charge is -2.19. The average Bonchev–Trinajstić information content (AvgIpc) is 2.69. The van der Waals surface area contributed by atoms with Gasteiger partial charge in [-0.25, -0.2) is 0 Å². The largest absolute Gasteiger partial charge is 0.458 e. The molecule has 104 valence electrons. The molecule has 2 nitrogen and oxygen atoms in total. The highest BCUT2D eigenvalue weighted by molar-refractivity contribution is 6.44. The minimum absolute atomic E-state index is 0.0470. The summed E-state index contributed by atoms with van der Waals surface area (Å²) in [5.41, 5.74) is 1.94. The van der Waals surface area contributed by atoms with Gasteiger partial charge in [-0.05, 0) is 39.3 Å². The van der Waals surface area contributed by atoms with Crippen LogP contribution < -0.4 is 5.32 Å². The molecule has 1 heterocycles. The van der Waals surface area contributed by atoms with Gasteiger partial charge in [0.15, 0.2) is 5.58 Å². The molecule has 0 saturated heterocycles. The molecule has 2 rings (SSSR count). The molecule has 4 heteroatoms. The van der Waals surface area contributed by atoms with Crippen LogP contribution in [0.3, 0.4) is 0 Å². The van der Waals surface area contributed by atoms with Gasteiger partial charge >= 0.3 is 0 Å². The van der Waals surface area contributed by atoms with E-state index in [4.69, 9.17) is 27.6 Å². The number of fused-ring (bicyclic) bond motifs is 1. The Hall–Kier alpha value is -0.700. The average molecular weight is 300 g/mol. The maximum Gasteiger partial charge on any atom is 0.154 e. The zero-order valence-electron chi connectivity index (χ0n) is 11.7. The first kappa shape index (κ1) is 14.7. The minimum atomic E-state index is 0.0470. The summed E-state index contributed by atoms with van der Waals surface area (Å²) < 4.78 is 5.92. The smallest absolute Gasteiger partial charge is 0.154 e. The van der Waals surface area contributed by atoms with E-state index < -0.39 is 0 Å². The fourth-order valence-corrected chi connectivity index (χ4v) is 2.43. The fourth-order valence-electron chi connectivity index (χ4n) is 2.08. The summed E-state index contributed by atoms with van der Waals surface area (Å²) in [6.45, 7) is 9.20. The Kier molecular flexibility index (Phi) is 4.14. The summed E-state index contributed by atoms with van der Waals surface area (Å²) in [6.07, 6.45) is 0.909. The van der Waals surface area contributed by atoms with Crippen molar-refractivity contribution in [1.29, 1.82) is 0 Å². The number of rotatable bonds is 3. The van der Waals surface area contributed by atoms with Crippen molar-refractivity contribution in [3.05, 3.63) is 33.5 Å². The molecule has 0 radical (unpaired) electrons. The van der Waals surface area contributed by atoms with Crippen molar-refractivity contribution in [1.82, 2.24) is 5.32 Å². The van der Waals surface area contributed by atoms with E-state index in [1.807, 2.05) is 12.1 Å². The summed E-state index contributed by atoms with van der Waals surface area (Å²) in [4.78, 5) is 0. The maximum atomic E-state index is 6.21. The second kappa shape index (κ2) is 5.35. The number of aryl methyl sites for hydroxylation is 1. The Morgan fingerprint density at radius 1 is 1.21 bits per heavy atom. The normalized spacial score (nSPS) is 12.3. The number of benzene rings is 1. The first-order valence-corrected chi connectivity index (χ1v) is 7.22. The van der Waals surface area contributed by atoms with Gasteiger partial charge in [0.25, 0.3) is 0 Å². The molecule has 19 heavy (non-hydrogen) atoms. The molecular weight excluding hydrogens is 281 g/mol. The molecule has 1 aromatic carbocycles. The first-order valence-electron chi connectivity index (χ1n) is 6.46. The summed E-state index contributed by atoms with van der Waals surface area (Å²) in [5.74, 6) is 0.941. The summed E-state index contributed by atoms with van der Waals surface area (Å²) in [5, 5.41) is 5.52. The van der Waals surface area contributed by atoms with E-state index in [9.17, 15) is 0 Å². The fraction of sp³-hybridized carbons (Fsp3) is 0.467. The molecule has 0 aliphatic rings. The van der Waals surface area contributed by atoms with E-state index >= 15 is 0 Å². The van der Waals surface area contributed by atoms with E-state index in [0.717, 1.165) is 17.6 Å². The second-order valence-electron chi connectivity index (χ2n) is 5.70. The molecule has 1 N–H and O–H groups in total. The summed E-state index contributed by atoms with van der Waals surface area (Å²) >= 11 is 12.2. The van der Waals surface area contributed by atoms with Crippen molar-refractivity contribution in [3.8, 4) is 0 Å². The molecule has 1 aromatic heterocycles. The van der Waals surface area contributed by atoms with Crippen LogP contribution >= 0.6 is 23.2 Å². The van der Waals surface area contributed by atoms with Gasteiger partial charge in [0.05, 0.1) is 11.6 Å². The van der Waals surface area contributed by atoms with Crippen LogP contribution in [0.15, 0.2) is 16.5 Å². The van der Waals surface area contributed by atoms with Crippen LogP contribution in [0.2, 0.25) is 10.0 Å². The maximum absolute atomic E-state index is 6.21. The Morgan fingerprint density at radius 3 is 2.47 bits per heavy atom. The molecule has 0 fully saturated rings. The van der Waals surface area contributed by atoms with Crippen LogP contribution in [-0.2, 0) is 13.0 Å². The molecular formula is C15H19Cl2NO. The molecule has 0 spiro atoms. The lowest BCUT2D eigenvalue weighted by Crippen LogP contribution is -2.35. The Bertz CT molecular complexity index is 596.